The molecule has 0 fully saturated rings. The summed E-state index contributed by atoms with van der Waals surface area (Å²) < 4.78 is 0. The number of amides is 1. The van der Waals surface area contributed by atoms with Gasteiger partial charge in [0.15, 0.2) is 5.13 Å². The second kappa shape index (κ2) is 6.85. The van der Waals surface area contributed by atoms with Gasteiger partial charge in [-0.1, -0.05) is 48.3 Å². The summed E-state index contributed by atoms with van der Waals surface area (Å²) in [6.07, 6.45) is 2.45. The number of aromatic nitrogens is 1. The van der Waals surface area contributed by atoms with Crippen molar-refractivity contribution in [2.24, 2.45) is 5.73 Å². The first-order chi connectivity index (χ1) is 9.74. The number of aryl methyl sites for hydroxylation is 1. The summed E-state index contributed by atoms with van der Waals surface area (Å²) in [5.41, 5.74) is 7.01. The number of nitrogens with zero attached hydrogens (tertiary/aromatic N) is 1. The van der Waals surface area contributed by atoms with E-state index in [2.05, 4.69) is 22.1 Å². The van der Waals surface area contributed by atoms with Crippen LogP contribution in [0, 0.1) is 11.8 Å². The maximum absolute atomic E-state index is 12.2. The molecule has 1 aromatic heterocycles. The van der Waals surface area contributed by atoms with E-state index >= 15 is 0 Å². The minimum Gasteiger partial charge on any atom is -0.320 e. The molecule has 2 rings (SSSR count). The number of carbonyl (C=O) groups excluding carboxylic acids is 1. The highest BCUT2D eigenvalue weighted by Crippen LogP contribution is 2.19. The van der Waals surface area contributed by atoms with Crippen LogP contribution in [0.25, 0.3) is 0 Å². The highest BCUT2D eigenvalue weighted by Gasteiger charge is 2.11. The standard InChI is InChI=1S/C15H15N3OS/c1-2-11-6-3-4-8-13(11)14(19)18-15-17-10-12(20-15)7-5-9-16/h3-4,6,8,10H,2,9,16H2,1H3,(H,17,18,19). The molecule has 0 aliphatic heterocycles. The second-order valence-corrected chi connectivity index (χ2v) is 5.03. The van der Waals surface area contributed by atoms with Gasteiger partial charge < -0.3 is 5.73 Å². The summed E-state index contributed by atoms with van der Waals surface area (Å²) in [7, 11) is 0. The smallest absolute Gasteiger partial charge is 0.257 e. The van der Waals surface area contributed by atoms with Crippen molar-refractivity contribution in [2.45, 2.75) is 13.3 Å². The predicted molar refractivity (Wildman–Crippen MR) is 81.8 cm³/mol. The van der Waals surface area contributed by atoms with E-state index in [0.29, 0.717) is 17.2 Å². The van der Waals surface area contributed by atoms with Crippen LogP contribution in [0.5, 0.6) is 0 Å². The zero-order valence-corrected chi connectivity index (χ0v) is 12.0. The Hall–Kier alpha value is -2.16. The van der Waals surface area contributed by atoms with Crippen LogP contribution in [0.4, 0.5) is 5.13 Å². The molecule has 0 saturated heterocycles. The van der Waals surface area contributed by atoms with Gasteiger partial charge in [0.2, 0.25) is 0 Å². The van der Waals surface area contributed by atoms with Crippen molar-refractivity contribution in [1.82, 2.24) is 4.98 Å². The van der Waals surface area contributed by atoms with Crippen LogP contribution >= 0.6 is 11.3 Å². The molecule has 0 saturated carbocycles. The number of carbonyl (C=O) groups is 1. The largest absolute Gasteiger partial charge is 0.320 e. The molecule has 1 heterocycles. The first-order valence-corrected chi connectivity index (χ1v) is 7.10. The van der Waals surface area contributed by atoms with Crippen molar-refractivity contribution in [1.29, 1.82) is 0 Å². The lowest BCUT2D eigenvalue weighted by molar-refractivity contribution is 0.102. The fourth-order valence-corrected chi connectivity index (χ4v) is 2.43. The molecule has 20 heavy (non-hydrogen) atoms. The molecule has 4 nitrogen and oxygen atoms in total. The van der Waals surface area contributed by atoms with E-state index in [-0.39, 0.29) is 5.91 Å². The van der Waals surface area contributed by atoms with E-state index in [4.69, 9.17) is 5.73 Å². The Bertz CT molecular complexity index is 667. The van der Waals surface area contributed by atoms with Crippen LogP contribution in [0.3, 0.4) is 0 Å². The number of thiazole rings is 1. The molecule has 0 unspecified atom stereocenters. The molecule has 102 valence electrons. The normalized spacial score (nSPS) is 9.70. The molecule has 0 bridgehead atoms. The Labute approximate surface area is 122 Å². The zero-order chi connectivity index (χ0) is 14.4. The van der Waals surface area contributed by atoms with Crippen LogP contribution in [-0.2, 0) is 6.42 Å². The highest BCUT2D eigenvalue weighted by atomic mass is 32.1. The average molecular weight is 285 g/mol. The van der Waals surface area contributed by atoms with Gasteiger partial charge >= 0.3 is 0 Å². The van der Waals surface area contributed by atoms with Gasteiger partial charge in [0, 0.05) is 5.56 Å². The molecule has 1 aromatic carbocycles. The first-order valence-electron chi connectivity index (χ1n) is 6.28. The van der Waals surface area contributed by atoms with Crippen LogP contribution in [0.15, 0.2) is 30.5 Å². The van der Waals surface area contributed by atoms with Gasteiger partial charge in [-0.2, -0.15) is 0 Å². The Morgan fingerprint density at radius 3 is 3.00 bits per heavy atom. The molecule has 0 aliphatic carbocycles. The quantitative estimate of drug-likeness (QED) is 0.850. The number of rotatable bonds is 3. The summed E-state index contributed by atoms with van der Waals surface area (Å²) >= 11 is 1.34. The molecular formula is C15H15N3OS. The molecule has 2 aromatic rings. The van der Waals surface area contributed by atoms with Crippen molar-refractivity contribution in [3.05, 3.63) is 46.5 Å². The van der Waals surface area contributed by atoms with E-state index in [1.54, 1.807) is 6.20 Å². The molecule has 0 aliphatic rings. The molecule has 0 spiro atoms. The average Bonchev–Trinajstić information content (AvgIpc) is 2.92. The van der Waals surface area contributed by atoms with Crippen LogP contribution in [0.2, 0.25) is 0 Å². The van der Waals surface area contributed by atoms with E-state index in [0.717, 1.165) is 16.9 Å². The van der Waals surface area contributed by atoms with Gasteiger partial charge in [-0.25, -0.2) is 4.98 Å². The van der Waals surface area contributed by atoms with Crippen LogP contribution in [-0.4, -0.2) is 17.4 Å². The second-order valence-electron chi connectivity index (χ2n) is 4.00. The summed E-state index contributed by atoms with van der Waals surface area (Å²) in [4.78, 5) is 17.1. The third-order valence-electron chi connectivity index (χ3n) is 2.68. The third-order valence-corrected chi connectivity index (χ3v) is 3.51. The van der Waals surface area contributed by atoms with Crippen molar-refractivity contribution in [2.75, 3.05) is 11.9 Å². The van der Waals surface area contributed by atoms with E-state index in [1.807, 2.05) is 31.2 Å². The SMILES string of the molecule is CCc1ccccc1C(=O)Nc1ncc(C#CCN)s1. The Balaban J connectivity index is 2.13. The van der Waals surface area contributed by atoms with Crippen molar-refractivity contribution < 1.29 is 4.79 Å². The van der Waals surface area contributed by atoms with Crippen LogP contribution in [0.1, 0.15) is 27.7 Å². The highest BCUT2D eigenvalue weighted by molar-refractivity contribution is 7.16. The number of hydrogen-bond donors (Lipinski definition) is 2. The number of nitrogens with two attached hydrogens (primary N) is 1. The van der Waals surface area contributed by atoms with Crippen molar-refractivity contribution in [3.8, 4) is 11.8 Å². The van der Waals surface area contributed by atoms with Crippen molar-refractivity contribution in [3.63, 3.8) is 0 Å². The Kier molecular flexibility index (Phi) is 4.88. The van der Waals surface area contributed by atoms with Gasteiger partial charge in [0.25, 0.3) is 5.91 Å². The lowest BCUT2D eigenvalue weighted by Gasteiger charge is -2.06. The van der Waals surface area contributed by atoms with E-state index in [9.17, 15) is 4.79 Å². The number of benzene rings is 1. The minimum absolute atomic E-state index is 0.143. The van der Waals surface area contributed by atoms with Crippen LogP contribution < -0.4 is 11.1 Å². The molecule has 5 heteroatoms. The summed E-state index contributed by atoms with van der Waals surface area (Å²) in [5.74, 6) is 5.50. The summed E-state index contributed by atoms with van der Waals surface area (Å²) in [6.45, 7) is 2.33. The minimum atomic E-state index is -0.143. The van der Waals surface area contributed by atoms with Gasteiger partial charge in [-0.05, 0) is 18.1 Å². The third kappa shape index (κ3) is 3.44. The fourth-order valence-electron chi connectivity index (χ4n) is 1.74. The first kappa shape index (κ1) is 14.3. The Morgan fingerprint density at radius 2 is 2.25 bits per heavy atom. The monoisotopic (exact) mass is 285 g/mol. The van der Waals surface area contributed by atoms with Gasteiger partial charge in [-0.3, -0.25) is 10.1 Å². The van der Waals surface area contributed by atoms with E-state index in [1.165, 1.54) is 11.3 Å². The summed E-state index contributed by atoms with van der Waals surface area (Å²) in [6, 6.07) is 7.55. The molecular weight excluding hydrogens is 270 g/mol. The predicted octanol–water partition coefficient (Wildman–Crippen LogP) is 2.27. The molecule has 0 atom stereocenters. The molecule has 1 amide bonds. The van der Waals surface area contributed by atoms with Gasteiger partial charge in [-0.15, -0.1) is 0 Å². The zero-order valence-electron chi connectivity index (χ0n) is 11.1. The Morgan fingerprint density at radius 1 is 1.45 bits per heavy atom. The van der Waals surface area contributed by atoms with E-state index < -0.39 is 0 Å². The maximum atomic E-state index is 12.2. The fraction of sp³-hybridized carbons (Fsp3) is 0.200. The lowest BCUT2D eigenvalue weighted by Crippen LogP contribution is -2.13. The topological polar surface area (TPSA) is 68.0 Å². The number of hydrogen-bond acceptors (Lipinski definition) is 4. The van der Waals surface area contributed by atoms with Crippen molar-refractivity contribution >= 4 is 22.4 Å². The summed E-state index contributed by atoms with van der Waals surface area (Å²) in [5, 5.41) is 3.34. The van der Waals surface area contributed by atoms with Gasteiger partial charge in [0.1, 0.15) is 0 Å². The maximum Gasteiger partial charge on any atom is 0.257 e. The van der Waals surface area contributed by atoms with Gasteiger partial charge in [0.05, 0.1) is 17.6 Å². The lowest BCUT2D eigenvalue weighted by atomic mass is 10.1. The molecule has 3 N–H and O–H groups in total. The molecule has 0 radical (unpaired) electrons. The number of nitrogens with one attached hydrogen (secondary N) is 1. The number of anilines is 1.